The fraction of sp³-hybridized carbons (Fsp3) is 0.889. The first-order chi connectivity index (χ1) is 5.58. The van der Waals surface area contributed by atoms with E-state index in [1.807, 2.05) is 13.8 Å². The molecule has 0 unspecified atom stereocenters. The first-order valence-electron chi connectivity index (χ1n) is 4.45. The molecule has 2 nitrogen and oxygen atoms in total. The van der Waals surface area contributed by atoms with Gasteiger partial charge in [0, 0.05) is 6.42 Å². The minimum absolute atomic E-state index is 0.0137. The van der Waals surface area contributed by atoms with Gasteiger partial charge >= 0.3 is 0 Å². The van der Waals surface area contributed by atoms with Crippen LogP contribution in [-0.4, -0.2) is 18.1 Å². The molecule has 1 saturated carbocycles. The summed E-state index contributed by atoms with van der Waals surface area (Å²) in [7, 11) is 0. The Morgan fingerprint density at radius 3 is 2.50 bits per heavy atom. The normalized spacial score (nSPS) is 19.3. The van der Waals surface area contributed by atoms with Gasteiger partial charge in [0.25, 0.3) is 0 Å². The summed E-state index contributed by atoms with van der Waals surface area (Å²) in [5.74, 6) is 0.334. The second kappa shape index (κ2) is 3.42. The Balaban J connectivity index is 2.26. The van der Waals surface area contributed by atoms with E-state index in [1.54, 1.807) is 0 Å². The van der Waals surface area contributed by atoms with E-state index in [0.29, 0.717) is 12.3 Å². The minimum Gasteiger partial charge on any atom is -0.348 e. The zero-order chi connectivity index (χ0) is 9.19. The molecule has 0 atom stereocenters. The van der Waals surface area contributed by atoms with E-state index in [0.717, 1.165) is 12.8 Å². The van der Waals surface area contributed by atoms with Crippen LogP contribution < -0.4 is 5.32 Å². The van der Waals surface area contributed by atoms with E-state index in [-0.39, 0.29) is 5.91 Å². The zero-order valence-corrected chi connectivity index (χ0v) is 7.69. The van der Waals surface area contributed by atoms with Gasteiger partial charge in [-0.05, 0) is 18.8 Å². The molecule has 1 aliphatic carbocycles. The van der Waals surface area contributed by atoms with E-state index >= 15 is 0 Å². The molecule has 70 valence electrons. The van der Waals surface area contributed by atoms with Crippen LogP contribution in [0.2, 0.25) is 0 Å². The van der Waals surface area contributed by atoms with Gasteiger partial charge in [-0.2, -0.15) is 0 Å². The number of hydrogen-bond acceptors (Lipinski definition) is 1. The van der Waals surface area contributed by atoms with Crippen LogP contribution in [-0.2, 0) is 4.79 Å². The summed E-state index contributed by atoms with van der Waals surface area (Å²) in [5.41, 5.74) is -0.466. The average molecular weight is 173 g/mol. The maximum Gasteiger partial charge on any atom is 0.220 e. The lowest BCUT2D eigenvalue weighted by Crippen LogP contribution is -2.38. The van der Waals surface area contributed by atoms with Crippen molar-refractivity contribution in [2.75, 3.05) is 6.67 Å². The first-order valence-corrected chi connectivity index (χ1v) is 4.45. The van der Waals surface area contributed by atoms with Gasteiger partial charge in [0.15, 0.2) is 0 Å². The van der Waals surface area contributed by atoms with Gasteiger partial charge in [0.05, 0.1) is 5.54 Å². The fourth-order valence-corrected chi connectivity index (χ4v) is 1.16. The second-order valence-corrected chi connectivity index (χ2v) is 4.06. The predicted octanol–water partition coefficient (Wildman–Crippen LogP) is 1.65. The number of carbonyl (C=O) groups is 1. The van der Waals surface area contributed by atoms with Crippen molar-refractivity contribution in [2.45, 2.75) is 38.6 Å². The van der Waals surface area contributed by atoms with Crippen molar-refractivity contribution in [3.63, 3.8) is 0 Å². The quantitative estimate of drug-likeness (QED) is 0.688. The molecule has 1 N–H and O–H groups in total. The number of alkyl halides is 1. The maximum absolute atomic E-state index is 12.3. The Kier molecular flexibility index (Phi) is 2.70. The molecule has 1 fully saturated rings. The van der Waals surface area contributed by atoms with Crippen molar-refractivity contribution in [1.82, 2.24) is 5.32 Å². The lowest BCUT2D eigenvalue weighted by molar-refractivity contribution is -0.122. The van der Waals surface area contributed by atoms with Crippen LogP contribution in [0.5, 0.6) is 0 Å². The van der Waals surface area contributed by atoms with Crippen molar-refractivity contribution in [3.8, 4) is 0 Å². The van der Waals surface area contributed by atoms with Gasteiger partial charge in [0.2, 0.25) is 5.91 Å². The van der Waals surface area contributed by atoms with Gasteiger partial charge in [-0.1, -0.05) is 13.8 Å². The van der Waals surface area contributed by atoms with Crippen LogP contribution >= 0.6 is 0 Å². The Hall–Kier alpha value is -0.600. The highest BCUT2D eigenvalue weighted by molar-refractivity contribution is 5.77. The maximum atomic E-state index is 12.3. The van der Waals surface area contributed by atoms with Crippen molar-refractivity contribution in [2.24, 2.45) is 5.92 Å². The molecule has 0 bridgehead atoms. The molecular formula is C9H16FNO. The third kappa shape index (κ3) is 2.47. The zero-order valence-electron chi connectivity index (χ0n) is 7.69. The molecule has 1 aliphatic rings. The summed E-state index contributed by atoms with van der Waals surface area (Å²) < 4.78 is 12.3. The molecule has 3 heteroatoms. The van der Waals surface area contributed by atoms with Gasteiger partial charge < -0.3 is 5.32 Å². The third-order valence-corrected chi connectivity index (χ3v) is 2.11. The highest BCUT2D eigenvalue weighted by atomic mass is 19.1. The molecule has 0 aromatic carbocycles. The molecule has 0 aliphatic heterocycles. The number of carbonyl (C=O) groups excluding carboxylic acids is 1. The van der Waals surface area contributed by atoms with Gasteiger partial charge in [-0.15, -0.1) is 0 Å². The van der Waals surface area contributed by atoms with Crippen LogP contribution in [0, 0.1) is 5.92 Å². The standard InChI is InChI=1S/C9H16FNO/c1-7(2)5-8(12)11-9(6-10)3-4-9/h7H,3-6H2,1-2H3,(H,11,12). The number of amides is 1. The second-order valence-electron chi connectivity index (χ2n) is 4.06. The van der Waals surface area contributed by atoms with E-state index < -0.39 is 12.2 Å². The summed E-state index contributed by atoms with van der Waals surface area (Å²) in [5, 5.41) is 2.73. The summed E-state index contributed by atoms with van der Waals surface area (Å²) in [6.45, 7) is 3.54. The van der Waals surface area contributed by atoms with Gasteiger partial charge in [-0.3, -0.25) is 4.79 Å². The Morgan fingerprint density at radius 2 is 2.17 bits per heavy atom. The molecule has 0 spiro atoms. The predicted molar refractivity (Wildman–Crippen MR) is 45.5 cm³/mol. The van der Waals surface area contributed by atoms with Crippen LogP contribution in [0.15, 0.2) is 0 Å². The van der Waals surface area contributed by atoms with E-state index in [9.17, 15) is 9.18 Å². The SMILES string of the molecule is CC(C)CC(=O)NC1(CF)CC1. The smallest absolute Gasteiger partial charge is 0.220 e. The summed E-state index contributed by atoms with van der Waals surface area (Å²) in [6.07, 6.45) is 2.10. The summed E-state index contributed by atoms with van der Waals surface area (Å²) in [6, 6.07) is 0. The molecule has 0 aromatic heterocycles. The van der Waals surface area contributed by atoms with E-state index in [4.69, 9.17) is 0 Å². The number of nitrogens with one attached hydrogen (secondary N) is 1. The largest absolute Gasteiger partial charge is 0.348 e. The number of hydrogen-bond donors (Lipinski definition) is 1. The monoisotopic (exact) mass is 173 g/mol. The molecule has 1 amide bonds. The highest BCUT2D eigenvalue weighted by Crippen LogP contribution is 2.35. The van der Waals surface area contributed by atoms with Crippen molar-refractivity contribution in [1.29, 1.82) is 0 Å². The van der Waals surface area contributed by atoms with Crippen LogP contribution in [0.1, 0.15) is 33.1 Å². The molecular weight excluding hydrogens is 157 g/mol. The highest BCUT2D eigenvalue weighted by Gasteiger charge is 2.44. The van der Waals surface area contributed by atoms with Gasteiger partial charge in [-0.25, -0.2) is 4.39 Å². The van der Waals surface area contributed by atoms with Crippen LogP contribution in [0.4, 0.5) is 4.39 Å². The summed E-state index contributed by atoms with van der Waals surface area (Å²) in [4.78, 5) is 11.2. The molecule has 12 heavy (non-hydrogen) atoms. The summed E-state index contributed by atoms with van der Waals surface area (Å²) >= 11 is 0. The van der Waals surface area contributed by atoms with Crippen LogP contribution in [0.25, 0.3) is 0 Å². The Morgan fingerprint density at radius 1 is 1.58 bits per heavy atom. The molecule has 0 saturated heterocycles. The topological polar surface area (TPSA) is 29.1 Å². The minimum atomic E-state index is -0.466. The third-order valence-electron chi connectivity index (χ3n) is 2.11. The fourth-order valence-electron chi connectivity index (χ4n) is 1.16. The Bertz CT molecular complexity index is 175. The van der Waals surface area contributed by atoms with Crippen LogP contribution in [0.3, 0.4) is 0 Å². The Labute approximate surface area is 72.5 Å². The lowest BCUT2D eigenvalue weighted by Gasteiger charge is -2.13. The van der Waals surface area contributed by atoms with Crippen molar-refractivity contribution in [3.05, 3.63) is 0 Å². The van der Waals surface area contributed by atoms with Crippen molar-refractivity contribution < 1.29 is 9.18 Å². The number of rotatable bonds is 4. The van der Waals surface area contributed by atoms with E-state index in [2.05, 4.69) is 5.32 Å². The van der Waals surface area contributed by atoms with E-state index in [1.165, 1.54) is 0 Å². The van der Waals surface area contributed by atoms with Gasteiger partial charge in [0.1, 0.15) is 6.67 Å². The molecule has 0 aromatic rings. The first kappa shape index (κ1) is 9.49. The van der Waals surface area contributed by atoms with Crippen molar-refractivity contribution >= 4 is 5.91 Å². The lowest BCUT2D eigenvalue weighted by atomic mass is 10.1. The molecule has 1 rings (SSSR count). The number of halogens is 1. The molecule has 0 heterocycles. The average Bonchev–Trinajstić information content (AvgIpc) is 2.67. The molecule has 0 radical (unpaired) electrons.